The fourth-order valence-corrected chi connectivity index (χ4v) is 9.97. The van der Waals surface area contributed by atoms with E-state index in [4.69, 9.17) is 9.47 Å². The highest BCUT2D eigenvalue weighted by molar-refractivity contribution is 9.08. The van der Waals surface area contributed by atoms with Crippen molar-refractivity contribution in [2.45, 2.75) is 167 Å². The smallest absolute Gasteiger partial charge is 0.246 e. The van der Waals surface area contributed by atoms with E-state index in [0.29, 0.717) is 54.8 Å². The highest BCUT2D eigenvalue weighted by atomic mass is 79.9. The molecule has 2 aromatic rings. The molecule has 1 aliphatic rings. The Bertz CT molecular complexity index is 2190. The van der Waals surface area contributed by atoms with Crippen LogP contribution in [0.2, 0.25) is 0 Å². The Morgan fingerprint density at radius 2 is 1.47 bits per heavy atom. The highest BCUT2D eigenvalue weighted by Gasteiger charge is 2.43. The molecule has 414 valence electrons. The monoisotopic (exact) mass is 1100 g/mol. The minimum absolute atomic E-state index is 0.00116. The molecular weight excluding hydrogens is 1010 g/mol. The van der Waals surface area contributed by atoms with Gasteiger partial charge in [-0.15, -0.1) is 0 Å². The standard InChI is InChI=1S/C54H87BrN10O9/c1-17-33(6)46(64(14)52(71)44(31(2)3)62-51(70)45(32(4)5)63(12)13)41(73-15)27-43(66)65-25-19-22-40(65)47(74-16)34(7)48(67)56-24-23-37-20-18-21-39(26-37)61-50(69)35(8)59-49(68)36(9)60-53(72)54(10,11)38-29-57-42(28-55)58-30-38/h18,20-21,26,29-36,40-41,44-47H,17,19,22-25,27-28H2,1-16H3,(H,56,67)(H,59,68)(H,60,72)(H,61,69)(H,62,70)/t33-,34+,35-,36-,40-,41+,44-,45-,46-,47+/m0/s1. The summed E-state index contributed by atoms with van der Waals surface area (Å²) in [7, 11) is 8.52. The summed E-state index contributed by atoms with van der Waals surface area (Å²) in [6.45, 7) is 20.9. The molecular formula is C54H87BrN10O9. The molecule has 10 atom stereocenters. The van der Waals surface area contributed by atoms with Crippen LogP contribution in [0, 0.1) is 23.7 Å². The zero-order valence-corrected chi connectivity index (χ0v) is 48.4. The summed E-state index contributed by atoms with van der Waals surface area (Å²) >= 11 is 3.31. The van der Waals surface area contributed by atoms with Crippen LogP contribution in [0.5, 0.6) is 0 Å². The van der Waals surface area contributed by atoms with E-state index in [1.165, 1.54) is 0 Å². The first-order chi connectivity index (χ1) is 34.7. The van der Waals surface area contributed by atoms with Crippen LogP contribution in [0.15, 0.2) is 36.7 Å². The molecule has 1 aromatic heterocycles. The van der Waals surface area contributed by atoms with Crippen molar-refractivity contribution in [2.75, 3.05) is 53.8 Å². The number of likely N-dealkylation sites (tertiary alicyclic amines) is 1. The van der Waals surface area contributed by atoms with E-state index in [9.17, 15) is 33.6 Å². The predicted octanol–water partition coefficient (Wildman–Crippen LogP) is 4.60. The molecule has 0 saturated carbocycles. The van der Waals surface area contributed by atoms with Crippen molar-refractivity contribution in [1.29, 1.82) is 0 Å². The molecule has 0 radical (unpaired) electrons. The molecule has 20 heteroatoms. The van der Waals surface area contributed by atoms with E-state index < -0.39 is 71.5 Å². The number of amides is 7. The maximum absolute atomic E-state index is 14.4. The average molecular weight is 1100 g/mol. The lowest BCUT2D eigenvalue weighted by atomic mass is 9.85. The van der Waals surface area contributed by atoms with Crippen molar-refractivity contribution in [3.63, 3.8) is 0 Å². The van der Waals surface area contributed by atoms with E-state index in [-0.39, 0.29) is 53.8 Å². The van der Waals surface area contributed by atoms with Crippen LogP contribution in [-0.4, -0.2) is 163 Å². The molecule has 2 heterocycles. The Labute approximate surface area is 448 Å². The van der Waals surface area contributed by atoms with Gasteiger partial charge in [-0.25, -0.2) is 9.97 Å². The first-order valence-electron chi connectivity index (χ1n) is 26.0. The van der Waals surface area contributed by atoms with E-state index in [0.717, 1.165) is 12.0 Å². The van der Waals surface area contributed by atoms with Gasteiger partial charge in [0.15, 0.2) is 0 Å². The molecule has 74 heavy (non-hydrogen) atoms. The van der Waals surface area contributed by atoms with Crippen LogP contribution in [0.4, 0.5) is 5.69 Å². The largest absolute Gasteiger partial charge is 0.379 e. The molecule has 5 N–H and O–H groups in total. The van der Waals surface area contributed by atoms with Crippen molar-refractivity contribution < 1.29 is 43.0 Å². The first kappa shape index (κ1) is 63.2. The van der Waals surface area contributed by atoms with Crippen molar-refractivity contribution >= 4 is 63.0 Å². The molecule has 19 nitrogen and oxygen atoms in total. The van der Waals surface area contributed by atoms with Gasteiger partial charge in [0.2, 0.25) is 41.4 Å². The topological polar surface area (TPSA) is 234 Å². The van der Waals surface area contributed by atoms with Crippen molar-refractivity contribution in [3.8, 4) is 0 Å². The Morgan fingerprint density at radius 3 is 2.03 bits per heavy atom. The van der Waals surface area contributed by atoms with Crippen molar-refractivity contribution in [2.24, 2.45) is 23.7 Å². The van der Waals surface area contributed by atoms with Crippen LogP contribution in [0.3, 0.4) is 0 Å². The number of ether oxygens (including phenoxy) is 2. The average Bonchev–Trinajstić information content (AvgIpc) is 3.84. The number of anilines is 1. The predicted molar refractivity (Wildman–Crippen MR) is 290 cm³/mol. The number of methoxy groups -OCH3 is 2. The second-order valence-corrected chi connectivity index (χ2v) is 21.8. The summed E-state index contributed by atoms with van der Waals surface area (Å²) in [5.74, 6) is -2.52. The molecule has 1 fully saturated rings. The van der Waals surface area contributed by atoms with E-state index in [2.05, 4.69) is 52.5 Å². The van der Waals surface area contributed by atoms with Crippen LogP contribution in [0.1, 0.15) is 119 Å². The minimum atomic E-state index is -1.02. The Kier molecular flexibility index (Phi) is 25.0. The molecule has 1 aliphatic heterocycles. The van der Waals surface area contributed by atoms with Crippen LogP contribution in [0.25, 0.3) is 0 Å². The second-order valence-electron chi connectivity index (χ2n) is 21.3. The maximum Gasteiger partial charge on any atom is 0.246 e. The van der Waals surface area contributed by atoms with Crippen LogP contribution < -0.4 is 26.6 Å². The minimum Gasteiger partial charge on any atom is -0.379 e. The molecule has 0 unspecified atom stereocenters. The quantitative estimate of drug-likeness (QED) is 0.0736. The number of alkyl halides is 1. The zero-order chi connectivity index (χ0) is 55.8. The number of hydrogen-bond acceptors (Lipinski definition) is 12. The van der Waals surface area contributed by atoms with E-state index >= 15 is 0 Å². The molecule has 0 aliphatic carbocycles. The normalized spacial score (nSPS) is 17.6. The molecule has 0 bridgehead atoms. The lowest BCUT2D eigenvalue weighted by Gasteiger charge is -2.41. The van der Waals surface area contributed by atoms with E-state index in [1.807, 2.05) is 66.6 Å². The summed E-state index contributed by atoms with van der Waals surface area (Å²) in [5, 5.41) is 14.8. The third-order valence-corrected chi connectivity index (χ3v) is 15.0. The summed E-state index contributed by atoms with van der Waals surface area (Å²) in [5.41, 5.74) is 0.911. The van der Waals surface area contributed by atoms with Gasteiger partial charge in [-0.05, 0) is 96.5 Å². The van der Waals surface area contributed by atoms with Gasteiger partial charge in [-0.3, -0.25) is 38.5 Å². The molecule has 7 amide bonds. The number of carbonyl (C=O) groups is 7. The first-order valence-corrected chi connectivity index (χ1v) is 27.1. The zero-order valence-electron chi connectivity index (χ0n) is 46.8. The number of benzene rings is 1. The van der Waals surface area contributed by atoms with Gasteiger partial charge in [0, 0.05) is 58.0 Å². The number of nitrogens with one attached hydrogen (secondary N) is 5. The number of halogens is 1. The van der Waals surface area contributed by atoms with E-state index in [1.54, 1.807) is 96.3 Å². The van der Waals surface area contributed by atoms with Gasteiger partial charge in [-0.2, -0.15) is 0 Å². The lowest BCUT2D eigenvalue weighted by molar-refractivity contribution is -0.148. The second kappa shape index (κ2) is 29.3. The number of carbonyl (C=O) groups excluding carboxylic acids is 7. The van der Waals surface area contributed by atoms with Gasteiger partial charge >= 0.3 is 0 Å². The molecule has 1 aromatic carbocycles. The Morgan fingerprint density at radius 1 is 0.838 bits per heavy atom. The Hall–Kier alpha value is -5.05. The van der Waals surface area contributed by atoms with Gasteiger partial charge in [0.05, 0.1) is 53.4 Å². The molecule has 1 saturated heterocycles. The number of aromatic nitrogens is 2. The van der Waals surface area contributed by atoms with Gasteiger partial charge < -0.3 is 45.9 Å². The van der Waals surface area contributed by atoms with Crippen LogP contribution >= 0.6 is 15.9 Å². The number of nitrogens with zero attached hydrogens (tertiary/aromatic N) is 5. The fraction of sp³-hybridized carbons (Fsp3) is 0.685. The summed E-state index contributed by atoms with van der Waals surface area (Å²) in [6, 6.07) is 3.26. The lowest BCUT2D eigenvalue weighted by Crippen LogP contribution is -2.59. The van der Waals surface area contributed by atoms with Crippen molar-refractivity contribution in [3.05, 3.63) is 53.6 Å². The van der Waals surface area contributed by atoms with Crippen LogP contribution in [-0.2, 0) is 60.2 Å². The van der Waals surface area contributed by atoms with Gasteiger partial charge in [-0.1, -0.05) is 82.9 Å². The summed E-state index contributed by atoms with van der Waals surface area (Å²) in [4.78, 5) is 109. The molecule has 0 spiro atoms. The SMILES string of the molecule is CC[C@H](C)[C@@H]([C@@H](CC(=O)N1CCC[C@H]1[C@H](OC)[C@@H](C)C(=O)NCCc1cccc(NC(=O)[C@H](C)NC(=O)[C@H](C)NC(=O)C(C)(C)c2cnc(CBr)nc2)c1)OC)N(C)C(=O)[C@@H](NC(=O)[C@H](C(C)C)N(C)C)C(C)C. The van der Waals surface area contributed by atoms with Crippen molar-refractivity contribution in [1.82, 2.24) is 45.9 Å². The third-order valence-electron chi connectivity index (χ3n) is 14.5. The fourth-order valence-electron chi connectivity index (χ4n) is 9.68. The number of likely N-dealkylation sites (N-methyl/N-ethyl adjacent to an activating group) is 2. The highest BCUT2D eigenvalue weighted by Crippen LogP contribution is 2.30. The number of rotatable bonds is 28. The molecule has 3 rings (SSSR count). The summed E-state index contributed by atoms with van der Waals surface area (Å²) in [6.07, 6.45) is 4.45. The van der Waals surface area contributed by atoms with Gasteiger partial charge in [0.25, 0.3) is 0 Å². The third kappa shape index (κ3) is 17.0. The van der Waals surface area contributed by atoms with Gasteiger partial charge in [0.1, 0.15) is 23.9 Å². The maximum atomic E-state index is 14.4. The summed E-state index contributed by atoms with van der Waals surface area (Å²) < 4.78 is 12.0. The number of hydrogen-bond donors (Lipinski definition) is 5. The Balaban J connectivity index is 1.60.